The number of hydrogen-bond donors (Lipinski definition) is 3. The van der Waals surface area contributed by atoms with Gasteiger partial charge in [0.15, 0.2) is 0 Å². The summed E-state index contributed by atoms with van der Waals surface area (Å²) in [6, 6.07) is 5.79. The maximum Gasteiger partial charge on any atom is 0.321 e. The molecule has 0 spiro atoms. The number of nitrogens with one attached hydrogen (secondary N) is 1. The Hall–Kier alpha value is -1.93. The van der Waals surface area contributed by atoms with Crippen LogP contribution in [0.25, 0.3) is 0 Å². The molecule has 0 unspecified atom stereocenters. The molecule has 1 atom stereocenters. The molecule has 0 aliphatic heterocycles. The van der Waals surface area contributed by atoms with Gasteiger partial charge >= 0.3 is 11.9 Å². The van der Waals surface area contributed by atoms with E-state index in [1.165, 1.54) is 24.3 Å². The highest BCUT2D eigenvalue weighted by Crippen LogP contribution is 2.10. The molecule has 0 heterocycles. The van der Waals surface area contributed by atoms with E-state index in [9.17, 15) is 18.0 Å². The van der Waals surface area contributed by atoms with Gasteiger partial charge in [-0.05, 0) is 18.6 Å². The molecular weight excluding hydrogens is 274 g/mol. The third kappa shape index (κ3) is 4.68. The number of aliphatic carboxylic acids is 2. The van der Waals surface area contributed by atoms with Crippen LogP contribution in [0.4, 0.5) is 0 Å². The summed E-state index contributed by atoms with van der Waals surface area (Å²) in [4.78, 5) is 21.2. The molecule has 0 saturated heterocycles. The van der Waals surface area contributed by atoms with Gasteiger partial charge in [0.25, 0.3) is 0 Å². The average molecular weight is 287 g/mol. The first kappa shape index (κ1) is 15.1. The summed E-state index contributed by atoms with van der Waals surface area (Å²) >= 11 is 0. The second kappa shape index (κ2) is 6.30. The van der Waals surface area contributed by atoms with Gasteiger partial charge in [-0.1, -0.05) is 18.2 Å². The second-order valence-electron chi connectivity index (χ2n) is 3.76. The average Bonchev–Trinajstić information content (AvgIpc) is 2.35. The first-order valence-electron chi connectivity index (χ1n) is 5.35. The van der Waals surface area contributed by atoms with Crippen molar-refractivity contribution < 1.29 is 28.2 Å². The van der Waals surface area contributed by atoms with Gasteiger partial charge in [-0.25, -0.2) is 8.42 Å². The second-order valence-corrected chi connectivity index (χ2v) is 5.47. The van der Waals surface area contributed by atoms with Crippen LogP contribution in [0.2, 0.25) is 0 Å². The van der Waals surface area contributed by atoms with Crippen LogP contribution in [0.5, 0.6) is 0 Å². The number of carboxylic acid groups (broad SMARTS) is 2. The fourth-order valence-corrected chi connectivity index (χ4v) is 2.60. The third-order valence-electron chi connectivity index (χ3n) is 2.30. The molecule has 0 saturated carbocycles. The van der Waals surface area contributed by atoms with Crippen molar-refractivity contribution in [1.82, 2.24) is 4.72 Å². The fraction of sp³-hybridized carbons (Fsp3) is 0.273. The lowest BCUT2D eigenvalue weighted by molar-refractivity contribution is -0.140. The van der Waals surface area contributed by atoms with Crippen LogP contribution in [-0.2, 0) is 19.6 Å². The zero-order valence-corrected chi connectivity index (χ0v) is 10.6. The van der Waals surface area contributed by atoms with Gasteiger partial charge in [0.05, 0.1) is 4.90 Å². The van der Waals surface area contributed by atoms with Crippen molar-refractivity contribution >= 4 is 22.0 Å². The van der Waals surface area contributed by atoms with E-state index in [0.29, 0.717) is 0 Å². The normalized spacial score (nSPS) is 12.8. The molecule has 0 fully saturated rings. The van der Waals surface area contributed by atoms with E-state index in [1.807, 2.05) is 4.72 Å². The smallest absolute Gasteiger partial charge is 0.321 e. The zero-order valence-electron chi connectivity index (χ0n) is 9.81. The highest BCUT2D eigenvalue weighted by molar-refractivity contribution is 7.89. The molecule has 8 heteroatoms. The Balaban J connectivity index is 2.84. The first-order chi connectivity index (χ1) is 8.83. The minimum atomic E-state index is -3.98. The number of hydrogen-bond acceptors (Lipinski definition) is 4. The van der Waals surface area contributed by atoms with E-state index < -0.39 is 34.4 Å². The SMILES string of the molecule is O=C(O)CC[C@H](NS(=O)(=O)c1ccccc1)C(=O)O. The maximum atomic E-state index is 11.9. The van der Waals surface area contributed by atoms with Gasteiger partial charge in [-0.15, -0.1) is 0 Å². The highest BCUT2D eigenvalue weighted by atomic mass is 32.2. The zero-order chi connectivity index (χ0) is 14.5. The number of carbonyl (C=O) groups is 2. The van der Waals surface area contributed by atoms with Crippen LogP contribution >= 0.6 is 0 Å². The summed E-state index contributed by atoms with van der Waals surface area (Å²) in [5, 5.41) is 17.4. The van der Waals surface area contributed by atoms with E-state index in [-0.39, 0.29) is 11.3 Å². The molecule has 0 aromatic heterocycles. The van der Waals surface area contributed by atoms with Gasteiger partial charge in [0.1, 0.15) is 6.04 Å². The van der Waals surface area contributed by atoms with Crippen LogP contribution in [0.15, 0.2) is 35.2 Å². The number of sulfonamides is 1. The Kier molecular flexibility index (Phi) is 5.02. The van der Waals surface area contributed by atoms with Gasteiger partial charge in [-0.3, -0.25) is 9.59 Å². The van der Waals surface area contributed by atoms with Gasteiger partial charge in [0.2, 0.25) is 10.0 Å². The van der Waals surface area contributed by atoms with Gasteiger partial charge in [-0.2, -0.15) is 4.72 Å². The Bertz CT molecular complexity index is 554. The molecule has 1 rings (SSSR count). The topological polar surface area (TPSA) is 121 Å². The lowest BCUT2D eigenvalue weighted by Gasteiger charge is -2.13. The van der Waals surface area contributed by atoms with Crippen LogP contribution < -0.4 is 4.72 Å². The van der Waals surface area contributed by atoms with E-state index >= 15 is 0 Å². The first-order valence-corrected chi connectivity index (χ1v) is 6.83. The minimum Gasteiger partial charge on any atom is -0.481 e. The summed E-state index contributed by atoms with van der Waals surface area (Å²) in [7, 11) is -3.98. The Morgan fingerprint density at radius 1 is 1.16 bits per heavy atom. The number of carboxylic acids is 2. The monoisotopic (exact) mass is 287 g/mol. The molecule has 3 N–H and O–H groups in total. The third-order valence-corrected chi connectivity index (χ3v) is 3.78. The molecule has 1 aromatic carbocycles. The predicted molar refractivity (Wildman–Crippen MR) is 65.1 cm³/mol. The van der Waals surface area contributed by atoms with Crippen molar-refractivity contribution in [2.24, 2.45) is 0 Å². The molecule has 104 valence electrons. The highest BCUT2D eigenvalue weighted by Gasteiger charge is 2.25. The van der Waals surface area contributed by atoms with Crippen molar-refractivity contribution in [2.75, 3.05) is 0 Å². The number of benzene rings is 1. The lowest BCUT2D eigenvalue weighted by atomic mass is 10.2. The van der Waals surface area contributed by atoms with Crippen molar-refractivity contribution in [3.63, 3.8) is 0 Å². The van der Waals surface area contributed by atoms with Crippen LogP contribution in [0, 0.1) is 0 Å². The summed E-state index contributed by atoms with van der Waals surface area (Å²) in [6.07, 6.45) is -0.759. The standard InChI is InChI=1S/C11H13NO6S/c13-10(14)7-6-9(11(15)16)12-19(17,18)8-4-2-1-3-5-8/h1-5,9,12H,6-7H2,(H,13,14)(H,15,16)/t9-/m0/s1. The maximum absolute atomic E-state index is 11.9. The van der Waals surface area contributed by atoms with E-state index in [4.69, 9.17) is 10.2 Å². The molecule has 0 aliphatic carbocycles. The van der Waals surface area contributed by atoms with Crippen molar-refractivity contribution in [3.8, 4) is 0 Å². The molecular formula is C11H13NO6S. The summed E-state index contributed by atoms with van der Waals surface area (Å²) in [6.45, 7) is 0. The molecule has 0 bridgehead atoms. The molecule has 0 amide bonds. The quantitative estimate of drug-likeness (QED) is 0.662. The van der Waals surface area contributed by atoms with E-state index in [0.717, 1.165) is 0 Å². The molecule has 0 radical (unpaired) electrons. The Morgan fingerprint density at radius 2 is 1.74 bits per heavy atom. The van der Waals surface area contributed by atoms with Gasteiger partial charge < -0.3 is 10.2 Å². The Morgan fingerprint density at radius 3 is 2.21 bits per heavy atom. The lowest BCUT2D eigenvalue weighted by Crippen LogP contribution is -2.41. The van der Waals surface area contributed by atoms with E-state index in [2.05, 4.69) is 0 Å². The largest absolute Gasteiger partial charge is 0.481 e. The predicted octanol–water partition coefficient (Wildman–Crippen LogP) is 0.283. The molecule has 19 heavy (non-hydrogen) atoms. The molecule has 1 aromatic rings. The number of rotatable bonds is 7. The van der Waals surface area contributed by atoms with Crippen molar-refractivity contribution in [2.45, 2.75) is 23.8 Å². The van der Waals surface area contributed by atoms with Crippen LogP contribution in [0.3, 0.4) is 0 Å². The Labute approximate surface area is 109 Å². The van der Waals surface area contributed by atoms with E-state index in [1.54, 1.807) is 6.07 Å². The fourth-order valence-electron chi connectivity index (χ4n) is 1.36. The van der Waals surface area contributed by atoms with Crippen LogP contribution in [-0.4, -0.2) is 36.6 Å². The summed E-state index contributed by atoms with van der Waals surface area (Å²) in [5.41, 5.74) is 0. The summed E-state index contributed by atoms with van der Waals surface area (Å²) in [5.74, 6) is -2.61. The van der Waals surface area contributed by atoms with Gasteiger partial charge in [0, 0.05) is 6.42 Å². The minimum absolute atomic E-state index is 0.0726. The van der Waals surface area contributed by atoms with Crippen molar-refractivity contribution in [3.05, 3.63) is 30.3 Å². The summed E-state index contributed by atoms with van der Waals surface area (Å²) < 4.78 is 25.7. The molecule has 7 nitrogen and oxygen atoms in total. The van der Waals surface area contributed by atoms with Crippen LogP contribution in [0.1, 0.15) is 12.8 Å². The molecule has 0 aliphatic rings. The van der Waals surface area contributed by atoms with Crippen molar-refractivity contribution in [1.29, 1.82) is 0 Å².